The molecule has 0 saturated heterocycles. The first-order chi connectivity index (χ1) is 8.14. The van der Waals surface area contributed by atoms with E-state index in [0.29, 0.717) is 18.5 Å². The molecular formula is C12H16N2O3. The van der Waals surface area contributed by atoms with Crippen molar-refractivity contribution in [2.24, 2.45) is 5.41 Å². The van der Waals surface area contributed by atoms with Gasteiger partial charge in [-0.3, -0.25) is 9.59 Å². The second-order valence-corrected chi connectivity index (χ2v) is 4.56. The second-order valence-electron chi connectivity index (χ2n) is 4.56. The van der Waals surface area contributed by atoms with E-state index >= 15 is 0 Å². The minimum Gasteiger partial charge on any atom is -0.481 e. The van der Waals surface area contributed by atoms with Gasteiger partial charge >= 0.3 is 5.97 Å². The fraction of sp³-hybridized carbons (Fsp3) is 0.500. The van der Waals surface area contributed by atoms with Crippen LogP contribution in [0.15, 0.2) is 18.3 Å². The van der Waals surface area contributed by atoms with Gasteiger partial charge in [-0.2, -0.15) is 0 Å². The van der Waals surface area contributed by atoms with Crippen molar-refractivity contribution in [3.05, 3.63) is 24.0 Å². The highest BCUT2D eigenvalue weighted by Gasteiger charge is 2.41. The summed E-state index contributed by atoms with van der Waals surface area (Å²) in [6.07, 6.45) is 4.80. The number of carboxylic acids is 1. The maximum atomic E-state index is 11.7. The van der Waals surface area contributed by atoms with Crippen LogP contribution >= 0.6 is 0 Å². The molecule has 92 valence electrons. The number of nitrogens with one attached hydrogen (secondary N) is 2. The SMILES string of the molecule is O=C(NCC1(C(=O)O)CCCC1)c1ccc[nH]1. The summed E-state index contributed by atoms with van der Waals surface area (Å²) < 4.78 is 0. The number of aromatic amines is 1. The first kappa shape index (κ1) is 11.7. The molecule has 1 aliphatic rings. The highest BCUT2D eigenvalue weighted by Crippen LogP contribution is 2.37. The Morgan fingerprint density at radius 3 is 2.65 bits per heavy atom. The lowest BCUT2D eigenvalue weighted by Gasteiger charge is -2.23. The van der Waals surface area contributed by atoms with Crippen LogP contribution in [0.3, 0.4) is 0 Å². The zero-order valence-corrected chi connectivity index (χ0v) is 9.53. The Balaban J connectivity index is 1.97. The van der Waals surface area contributed by atoms with Crippen LogP contribution in [0.4, 0.5) is 0 Å². The van der Waals surface area contributed by atoms with Gasteiger partial charge in [-0.05, 0) is 25.0 Å². The van der Waals surface area contributed by atoms with E-state index in [9.17, 15) is 14.7 Å². The van der Waals surface area contributed by atoms with E-state index in [4.69, 9.17) is 0 Å². The maximum Gasteiger partial charge on any atom is 0.311 e. The Hall–Kier alpha value is -1.78. The summed E-state index contributed by atoms with van der Waals surface area (Å²) in [5.41, 5.74) is -0.300. The van der Waals surface area contributed by atoms with Crippen LogP contribution in [0.5, 0.6) is 0 Å². The van der Waals surface area contributed by atoms with Crippen molar-refractivity contribution in [3.63, 3.8) is 0 Å². The first-order valence-corrected chi connectivity index (χ1v) is 5.79. The number of aromatic nitrogens is 1. The summed E-state index contributed by atoms with van der Waals surface area (Å²) in [5, 5.41) is 11.9. The number of carboxylic acid groups (broad SMARTS) is 1. The van der Waals surface area contributed by atoms with Gasteiger partial charge < -0.3 is 15.4 Å². The molecule has 2 rings (SSSR count). The number of hydrogen-bond donors (Lipinski definition) is 3. The molecule has 1 aromatic rings. The maximum absolute atomic E-state index is 11.7. The zero-order chi connectivity index (χ0) is 12.3. The van der Waals surface area contributed by atoms with E-state index < -0.39 is 11.4 Å². The monoisotopic (exact) mass is 236 g/mol. The smallest absolute Gasteiger partial charge is 0.311 e. The van der Waals surface area contributed by atoms with Gasteiger partial charge in [0.25, 0.3) is 5.91 Å². The predicted octanol–water partition coefficient (Wildman–Crippen LogP) is 1.39. The van der Waals surface area contributed by atoms with Crippen molar-refractivity contribution in [1.82, 2.24) is 10.3 Å². The van der Waals surface area contributed by atoms with Crippen molar-refractivity contribution in [1.29, 1.82) is 0 Å². The van der Waals surface area contributed by atoms with Crippen LogP contribution in [-0.2, 0) is 4.79 Å². The van der Waals surface area contributed by atoms with Gasteiger partial charge in [0.15, 0.2) is 0 Å². The topological polar surface area (TPSA) is 82.2 Å². The summed E-state index contributed by atoms with van der Waals surface area (Å²) in [4.78, 5) is 25.8. The molecule has 5 heteroatoms. The molecule has 1 aliphatic carbocycles. The fourth-order valence-corrected chi connectivity index (χ4v) is 2.33. The highest BCUT2D eigenvalue weighted by atomic mass is 16.4. The molecule has 0 spiro atoms. The number of H-pyrrole nitrogens is 1. The van der Waals surface area contributed by atoms with Crippen molar-refractivity contribution < 1.29 is 14.7 Å². The van der Waals surface area contributed by atoms with Gasteiger partial charge in [0.05, 0.1) is 5.41 Å². The van der Waals surface area contributed by atoms with Gasteiger partial charge in [0.1, 0.15) is 5.69 Å². The number of carbonyl (C=O) groups is 2. The third-order valence-electron chi connectivity index (χ3n) is 3.44. The Bertz CT molecular complexity index is 405. The van der Waals surface area contributed by atoms with Gasteiger partial charge in [-0.1, -0.05) is 12.8 Å². The summed E-state index contributed by atoms with van der Waals surface area (Å²) in [5.74, 6) is -1.05. The van der Waals surface area contributed by atoms with E-state index in [-0.39, 0.29) is 12.5 Å². The molecule has 0 aromatic carbocycles. The Kier molecular flexibility index (Phi) is 3.17. The molecular weight excluding hydrogens is 220 g/mol. The van der Waals surface area contributed by atoms with Gasteiger partial charge in [0.2, 0.25) is 0 Å². The summed E-state index contributed by atoms with van der Waals surface area (Å²) >= 11 is 0. The van der Waals surface area contributed by atoms with Crippen molar-refractivity contribution in [3.8, 4) is 0 Å². The lowest BCUT2D eigenvalue weighted by Crippen LogP contribution is -2.41. The number of carbonyl (C=O) groups excluding carboxylic acids is 1. The van der Waals surface area contributed by atoms with Gasteiger partial charge in [-0.15, -0.1) is 0 Å². The van der Waals surface area contributed by atoms with Crippen molar-refractivity contribution in [2.45, 2.75) is 25.7 Å². The summed E-state index contributed by atoms with van der Waals surface area (Å²) in [6.45, 7) is 0.209. The summed E-state index contributed by atoms with van der Waals surface area (Å²) in [7, 11) is 0. The average molecular weight is 236 g/mol. The van der Waals surface area contributed by atoms with Gasteiger partial charge in [-0.25, -0.2) is 0 Å². The minimum atomic E-state index is -0.804. The van der Waals surface area contributed by atoms with E-state index in [1.54, 1.807) is 18.3 Å². The first-order valence-electron chi connectivity index (χ1n) is 5.79. The van der Waals surface area contributed by atoms with Crippen LogP contribution in [0.2, 0.25) is 0 Å². The molecule has 1 saturated carbocycles. The van der Waals surface area contributed by atoms with E-state index in [1.165, 1.54) is 0 Å². The molecule has 1 aromatic heterocycles. The van der Waals surface area contributed by atoms with Crippen molar-refractivity contribution in [2.75, 3.05) is 6.54 Å². The third kappa shape index (κ3) is 2.33. The molecule has 1 amide bonds. The number of hydrogen-bond acceptors (Lipinski definition) is 2. The molecule has 1 fully saturated rings. The van der Waals surface area contributed by atoms with Crippen LogP contribution in [-0.4, -0.2) is 28.5 Å². The lowest BCUT2D eigenvalue weighted by atomic mass is 9.86. The highest BCUT2D eigenvalue weighted by molar-refractivity contribution is 5.92. The molecule has 0 unspecified atom stereocenters. The average Bonchev–Trinajstić information content (AvgIpc) is 2.97. The number of amides is 1. The molecule has 0 atom stereocenters. The largest absolute Gasteiger partial charge is 0.481 e. The molecule has 0 aliphatic heterocycles. The Labute approximate surface area is 99.2 Å². The van der Waals surface area contributed by atoms with Crippen LogP contribution in [0.25, 0.3) is 0 Å². The van der Waals surface area contributed by atoms with Crippen LogP contribution < -0.4 is 5.32 Å². The van der Waals surface area contributed by atoms with E-state index in [0.717, 1.165) is 12.8 Å². The lowest BCUT2D eigenvalue weighted by molar-refractivity contribution is -0.148. The number of aliphatic carboxylic acids is 1. The molecule has 0 radical (unpaired) electrons. The van der Waals surface area contributed by atoms with Crippen molar-refractivity contribution >= 4 is 11.9 Å². The zero-order valence-electron chi connectivity index (χ0n) is 9.53. The van der Waals surface area contributed by atoms with Crippen LogP contribution in [0, 0.1) is 5.41 Å². The molecule has 0 bridgehead atoms. The molecule has 17 heavy (non-hydrogen) atoms. The standard InChI is InChI=1S/C12H16N2O3/c15-10(9-4-3-7-13-9)14-8-12(11(16)17)5-1-2-6-12/h3-4,7,13H,1-2,5-6,8H2,(H,14,15)(H,16,17). The molecule has 1 heterocycles. The number of rotatable bonds is 4. The third-order valence-corrected chi connectivity index (χ3v) is 3.44. The molecule has 3 N–H and O–H groups in total. The Morgan fingerprint density at radius 1 is 1.41 bits per heavy atom. The minimum absolute atomic E-state index is 0.209. The molecule has 5 nitrogen and oxygen atoms in total. The Morgan fingerprint density at radius 2 is 2.12 bits per heavy atom. The van der Waals surface area contributed by atoms with Gasteiger partial charge in [0, 0.05) is 12.7 Å². The normalized spacial score (nSPS) is 17.9. The van der Waals surface area contributed by atoms with E-state index in [1.807, 2.05) is 0 Å². The predicted molar refractivity (Wildman–Crippen MR) is 61.7 cm³/mol. The van der Waals surface area contributed by atoms with E-state index in [2.05, 4.69) is 10.3 Å². The van der Waals surface area contributed by atoms with Crippen LogP contribution in [0.1, 0.15) is 36.2 Å². The quantitative estimate of drug-likeness (QED) is 0.738. The second kappa shape index (κ2) is 4.61. The summed E-state index contributed by atoms with van der Waals surface area (Å²) in [6, 6.07) is 3.40. The fourth-order valence-electron chi connectivity index (χ4n) is 2.33.